The van der Waals surface area contributed by atoms with Crippen LogP contribution in [0.3, 0.4) is 0 Å². The van der Waals surface area contributed by atoms with Gasteiger partial charge in [0.15, 0.2) is 0 Å². The van der Waals surface area contributed by atoms with Crippen LogP contribution in [-0.2, 0) is 4.79 Å². The fourth-order valence-electron chi connectivity index (χ4n) is 2.28. The number of hydrogen-bond donors (Lipinski definition) is 2. The van der Waals surface area contributed by atoms with Crippen molar-refractivity contribution in [2.24, 2.45) is 0 Å². The van der Waals surface area contributed by atoms with Crippen LogP contribution in [0.1, 0.15) is 17.9 Å². The van der Waals surface area contributed by atoms with Crippen LogP contribution in [-0.4, -0.2) is 24.7 Å². The van der Waals surface area contributed by atoms with Gasteiger partial charge in [0.25, 0.3) is 0 Å². The van der Waals surface area contributed by atoms with Gasteiger partial charge in [0.1, 0.15) is 0 Å². The molecule has 1 amide bonds. The van der Waals surface area contributed by atoms with Gasteiger partial charge in [-0.1, -0.05) is 6.07 Å². The molecule has 4 heteroatoms. The molecule has 0 radical (unpaired) electrons. The minimum atomic E-state index is 0.104. The van der Waals surface area contributed by atoms with Crippen molar-refractivity contribution in [1.82, 2.24) is 5.32 Å². The standard InChI is InChI=1S/C12H14N2OS/c15-12-7-16-11-5-8(1-2-10(11)14-12)9-3-4-13-6-9/h1-2,5,9,13H,3-4,6-7H2,(H,14,15). The molecule has 1 atom stereocenters. The van der Waals surface area contributed by atoms with Gasteiger partial charge in [-0.25, -0.2) is 0 Å². The van der Waals surface area contributed by atoms with E-state index in [4.69, 9.17) is 0 Å². The number of rotatable bonds is 1. The zero-order valence-corrected chi connectivity index (χ0v) is 9.77. The van der Waals surface area contributed by atoms with Crippen molar-refractivity contribution < 1.29 is 4.79 Å². The van der Waals surface area contributed by atoms with E-state index >= 15 is 0 Å². The monoisotopic (exact) mass is 234 g/mol. The first kappa shape index (κ1) is 10.2. The maximum absolute atomic E-state index is 11.2. The van der Waals surface area contributed by atoms with E-state index in [-0.39, 0.29) is 5.91 Å². The quantitative estimate of drug-likeness (QED) is 0.778. The van der Waals surface area contributed by atoms with Gasteiger partial charge in [0.2, 0.25) is 5.91 Å². The Morgan fingerprint density at radius 1 is 1.38 bits per heavy atom. The van der Waals surface area contributed by atoms with Crippen molar-refractivity contribution in [3.63, 3.8) is 0 Å². The van der Waals surface area contributed by atoms with E-state index in [0.29, 0.717) is 11.7 Å². The molecule has 1 saturated heterocycles. The van der Waals surface area contributed by atoms with Crippen molar-refractivity contribution in [2.75, 3.05) is 24.2 Å². The summed E-state index contributed by atoms with van der Waals surface area (Å²) in [7, 11) is 0. The van der Waals surface area contributed by atoms with Crippen molar-refractivity contribution in [3.05, 3.63) is 23.8 Å². The molecule has 0 bridgehead atoms. The predicted octanol–water partition coefficient (Wildman–Crippen LogP) is 1.81. The largest absolute Gasteiger partial charge is 0.324 e. The van der Waals surface area contributed by atoms with Gasteiger partial charge < -0.3 is 10.6 Å². The molecule has 0 spiro atoms. The summed E-state index contributed by atoms with van der Waals surface area (Å²) in [5.41, 5.74) is 2.36. The lowest BCUT2D eigenvalue weighted by Crippen LogP contribution is -2.18. The minimum absolute atomic E-state index is 0.104. The van der Waals surface area contributed by atoms with E-state index in [1.807, 2.05) is 6.07 Å². The van der Waals surface area contributed by atoms with Crippen molar-refractivity contribution in [3.8, 4) is 0 Å². The van der Waals surface area contributed by atoms with Gasteiger partial charge in [-0.2, -0.15) is 0 Å². The highest BCUT2D eigenvalue weighted by Crippen LogP contribution is 2.34. The molecule has 2 aliphatic rings. The average molecular weight is 234 g/mol. The van der Waals surface area contributed by atoms with Crippen LogP contribution in [0.2, 0.25) is 0 Å². The molecule has 16 heavy (non-hydrogen) atoms. The molecular weight excluding hydrogens is 220 g/mol. The predicted molar refractivity (Wildman–Crippen MR) is 66.0 cm³/mol. The maximum Gasteiger partial charge on any atom is 0.234 e. The maximum atomic E-state index is 11.2. The molecule has 3 rings (SSSR count). The molecule has 1 aromatic carbocycles. The van der Waals surface area contributed by atoms with Gasteiger partial charge in [-0.05, 0) is 36.6 Å². The summed E-state index contributed by atoms with van der Waals surface area (Å²) in [5.74, 6) is 1.29. The molecule has 84 valence electrons. The van der Waals surface area contributed by atoms with Gasteiger partial charge in [0.05, 0.1) is 11.4 Å². The number of fused-ring (bicyclic) bond motifs is 1. The van der Waals surface area contributed by atoms with Crippen LogP contribution >= 0.6 is 11.8 Å². The number of carbonyl (C=O) groups excluding carboxylic acids is 1. The number of nitrogens with one attached hydrogen (secondary N) is 2. The Hall–Kier alpha value is -1.00. The lowest BCUT2D eigenvalue weighted by Gasteiger charge is -2.18. The summed E-state index contributed by atoms with van der Waals surface area (Å²) < 4.78 is 0. The SMILES string of the molecule is O=C1CSc2cc(C3CCNC3)ccc2N1. The van der Waals surface area contributed by atoms with Crippen LogP contribution in [0.25, 0.3) is 0 Å². The summed E-state index contributed by atoms with van der Waals surface area (Å²) in [6.45, 7) is 2.20. The summed E-state index contributed by atoms with van der Waals surface area (Å²) in [4.78, 5) is 12.4. The third-order valence-electron chi connectivity index (χ3n) is 3.17. The summed E-state index contributed by atoms with van der Waals surface area (Å²) in [6, 6.07) is 6.41. The molecule has 1 fully saturated rings. The van der Waals surface area contributed by atoms with E-state index in [0.717, 1.165) is 18.8 Å². The lowest BCUT2D eigenvalue weighted by atomic mass is 9.98. The Kier molecular flexibility index (Phi) is 2.61. The first-order chi connectivity index (χ1) is 7.83. The second-order valence-electron chi connectivity index (χ2n) is 4.28. The number of thioether (sulfide) groups is 1. The van der Waals surface area contributed by atoms with Gasteiger partial charge >= 0.3 is 0 Å². The zero-order chi connectivity index (χ0) is 11.0. The average Bonchev–Trinajstić information content (AvgIpc) is 2.82. The zero-order valence-electron chi connectivity index (χ0n) is 8.95. The van der Waals surface area contributed by atoms with E-state index in [2.05, 4.69) is 22.8 Å². The third-order valence-corrected chi connectivity index (χ3v) is 4.23. The third kappa shape index (κ3) is 1.83. The second kappa shape index (κ2) is 4.11. The number of carbonyl (C=O) groups is 1. The van der Waals surface area contributed by atoms with Gasteiger partial charge in [-0.3, -0.25) is 4.79 Å². The Balaban J connectivity index is 1.89. The first-order valence-electron chi connectivity index (χ1n) is 5.60. The minimum Gasteiger partial charge on any atom is -0.324 e. The second-order valence-corrected chi connectivity index (χ2v) is 5.30. The Morgan fingerprint density at radius 3 is 3.12 bits per heavy atom. The highest BCUT2D eigenvalue weighted by Gasteiger charge is 2.20. The van der Waals surface area contributed by atoms with Crippen LogP contribution in [0.15, 0.2) is 23.1 Å². The Bertz CT molecular complexity index is 427. The van der Waals surface area contributed by atoms with E-state index in [9.17, 15) is 4.79 Å². The highest BCUT2D eigenvalue weighted by molar-refractivity contribution is 8.00. The molecule has 1 unspecified atom stereocenters. The van der Waals surface area contributed by atoms with Crippen LogP contribution in [0, 0.1) is 0 Å². The van der Waals surface area contributed by atoms with Gasteiger partial charge in [0, 0.05) is 11.4 Å². The number of hydrogen-bond acceptors (Lipinski definition) is 3. The van der Waals surface area contributed by atoms with E-state index in [1.54, 1.807) is 11.8 Å². The smallest absolute Gasteiger partial charge is 0.234 e. The first-order valence-corrected chi connectivity index (χ1v) is 6.59. The van der Waals surface area contributed by atoms with Crippen LogP contribution < -0.4 is 10.6 Å². The lowest BCUT2D eigenvalue weighted by molar-refractivity contribution is -0.113. The molecule has 3 nitrogen and oxygen atoms in total. The fraction of sp³-hybridized carbons (Fsp3) is 0.417. The van der Waals surface area contributed by atoms with E-state index < -0.39 is 0 Å². The van der Waals surface area contributed by atoms with Gasteiger partial charge in [-0.15, -0.1) is 11.8 Å². The van der Waals surface area contributed by atoms with E-state index in [1.165, 1.54) is 16.9 Å². The fourth-order valence-corrected chi connectivity index (χ4v) is 3.14. The molecule has 2 aliphatic heterocycles. The molecule has 0 saturated carbocycles. The van der Waals surface area contributed by atoms with Crippen molar-refractivity contribution in [1.29, 1.82) is 0 Å². The molecule has 2 heterocycles. The number of benzene rings is 1. The molecular formula is C12H14N2OS. The Morgan fingerprint density at radius 2 is 2.31 bits per heavy atom. The normalized spacial score (nSPS) is 24.0. The summed E-state index contributed by atoms with van der Waals surface area (Å²) in [5, 5.41) is 6.28. The number of anilines is 1. The summed E-state index contributed by atoms with van der Waals surface area (Å²) in [6.07, 6.45) is 1.22. The summed E-state index contributed by atoms with van der Waals surface area (Å²) >= 11 is 1.64. The highest BCUT2D eigenvalue weighted by atomic mass is 32.2. The molecule has 2 N–H and O–H groups in total. The molecule has 0 aliphatic carbocycles. The molecule has 1 aromatic rings. The van der Waals surface area contributed by atoms with Crippen molar-refractivity contribution in [2.45, 2.75) is 17.2 Å². The Labute approximate surface area is 99.0 Å². The van der Waals surface area contributed by atoms with Crippen molar-refractivity contribution >= 4 is 23.4 Å². The molecule has 0 aromatic heterocycles. The number of amides is 1. The van der Waals surface area contributed by atoms with Crippen LogP contribution in [0.4, 0.5) is 5.69 Å². The topological polar surface area (TPSA) is 41.1 Å². The van der Waals surface area contributed by atoms with Crippen LogP contribution in [0.5, 0.6) is 0 Å².